The molecule has 0 bridgehead atoms. The van der Waals surface area contributed by atoms with Gasteiger partial charge in [-0.25, -0.2) is 4.98 Å². The molecule has 5 heteroatoms. The molecule has 3 rings (SSSR count). The van der Waals surface area contributed by atoms with Crippen molar-refractivity contribution < 1.29 is 0 Å². The topological polar surface area (TPSA) is 63.8 Å². The highest BCUT2D eigenvalue weighted by atomic mass is 32.1. The lowest BCUT2D eigenvalue weighted by molar-refractivity contribution is 1.08. The lowest BCUT2D eigenvalue weighted by Crippen LogP contribution is -2.04. The second-order valence-corrected chi connectivity index (χ2v) is 4.66. The Kier molecular flexibility index (Phi) is 2.82. The van der Waals surface area contributed by atoms with Crippen molar-refractivity contribution in [1.29, 1.82) is 0 Å². The molecule has 0 saturated heterocycles. The van der Waals surface area contributed by atoms with Crippen LogP contribution in [0.5, 0.6) is 0 Å². The average Bonchev–Trinajstić information content (AvgIpc) is 2.91. The van der Waals surface area contributed by atoms with Gasteiger partial charge in [-0.1, -0.05) is 18.2 Å². The number of nitrogen functional groups attached to an aromatic ring is 1. The third-order valence-corrected chi connectivity index (χ3v) is 3.37. The maximum absolute atomic E-state index is 5.98. The quantitative estimate of drug-likeness (QED) is 0.756. The number of anilines is 2. The smallest absolute Gasteiger partial charge is 0.0795 e. The number of hydrogen-bond acceptors (Lipinski definition) is 5. The maximum atomic E-state index is 5.98. The van der Waals surface area contributed by atoms with Gasteiger partial charge in [-0.15, -0.1) is 11.3 Å². The molecule has 0 amide bonds. The van der Waals surface area contributed by atoms with Gasteiger partial charge in [0.2, 0.25) is 0 Å². The Morgan fingerprint density at radius 3 is 2.94 bits per heavy atom. The van der Waals surface area contributed by atoms with Gasteiger partial charge < -0.3 is 11.1 Å². The molecule has 1 aromatic carbocycles. The van der Waals surface area contributed by atoms with Crippen molar-refractivity contribution in [1.82, 2.24) is 9.97 Å². The van der Waals surface area contributed by atoms with Gasteiger partial charge in [0.1, 0.15) is 0 Å². The molecular weight excluding hydrogens is 244 g/mol. The van der Waals surface area contributed by atoms with Gasteiger partial charge in [0, 0.05) is 10.8 Å². The van der Waals surface area contributed by atoms with E-state index in [2.05, 4.69) is 15.3 Å². The summed E-state index contributed by atoms with van der Waals surface area (Å²) in [5.74, 6) is 0. The third kappa shape index (κ3) is 2.00. The molecule has 3 aromatic rings. The lowest BCUT2D eigenvalue weighted by Gasteiger charge is -2.11. The van der Waals surface area contributed by atoms with E-state index in [1.165, 1.54) is 0 Å². The predicted octanol–water partition coefficient (Wildman–Crippen LogP) is 2.89. The van der Waals surface area contributed by atoms with Gasteiger partial charge in [0.15, 0.2) is 0 Å². The SMILES string of the molecule is Nc1cnc2ccccc2c1NCc1cscn1. The van der Waals surface area contributed by atoms with Crippen molar-refractivity contribution in [2.45, 2.75) is 6.54 Å². The van der Waals surface area contributed by atoms with Crippen LogP contribution in [0.1, 0.15) is 5.69 Å². The number of thiazole rings is 1. The zero-order chi connectivity index (χ0) is 12.4. The van der Waals surface area contributed by atoms with Crippen LogP contribution in [-0.4, -0.2) is 9.97 Å². The van der Waals surface area contributed by atoms with E-state index >= 15 is 0 Å². The van der Waals surface area contributed by atoms with Crippen molar-refractivity contribution in [3.8, 4) is 0 Å². The number of nitrogens with zero attached hydrogens (tertiary/aromatic N) is 2. The van der Waals surface area contributed by atoms with Crippen molar-refractivity contribution in [2.24, 2.45) is 0 Å². The van der Waals surface area contributed by atoms with Crippen LogP contribution >= 0.6 is 11.3 Å². The molecule has 0 unspecified atom stereocenters. The highest BCUT2D eigenvalue weighted by molar-refractivity contribution is 7.07. The molecule has 90 valence electrons. The van der Waals surface area contributed by atoms with E-state index in [1.54, 1.807) is 17.5 Å². The minimum atomic E-state index is 0.656. The number of aromatic nitrogens is 2. The van der Waals surface area contributed by atoms with Crippen LogP contribution in [0.3, 0.4) is 0 Å². The molecule has 0 aliphatic carbocycles. The number of para-hydroxylation sites is 1. The fourth-order valence-corrected chi connectivity index (χ4v) is 2.42. The summed E-state index contributed by atoms with van der Waals surface area (Å²) in [4.78, 5) is 8.55. The molecule has 0 aliphatic rings. The van der Waals surface area contributed by atoms with Gasteiger partial charge >= 0.3 is 0 Å². The van der Waals surface area contributed by atoms with Crippen molar-refractivity contribution in [3.63, 3.8) is 0 Å². The van der Waals surface area contributed by atoms with Crippen LogP contribution in [0.4, 0.5) is 11.4 Å². The van der Waals surface area contributed by atoms with Gasteiger partial charge in [0.05, 0.1) is 40.8 Å². The molecule has 0 atom stereocenters. The van der Waals surface area contributed by atoms with Crippen LogP contribution in [0.25, 0.3) is 10.9 Å². The van der Waals surface area contributed by atoms with E-state index in [9.17, 15) is 0 Å². The number of nitrogens with two attached hydrogens (primary N) is 1. The summed E-state index contributed by atoms with van der Waals surface area (Å²) in [5, 5.41) is 6.39. The zero-order valence-corrected chi connectivity index (χ0v) is 10.4. The molecule has 0 fully saturated rings. The number of rotatable bonds is 3. The molecule has 4 nitrogen and oxygen atoms in total. The van der Waals surface area contributed by atoms with Gasteiger partial charge in [-0.3, -0.25) is 4.98 Å². The van der Waals surface area contributed by atoms with E-state index < -0.39 is 0 Å². The van der Waals surface area contributed by atoms with Gasteiger partial charge in [0.25, 0.3) is 0 Å². The molecule has 0 saturated carbocycles. The highest BCUT2D eigenvalue weighted by Gasteiger charge is 2.06. The molecular formula is C13H12N4S. The summed E-state index contributed by atoms with van der Waals surface area (Å²) in [6, 6.07) is 7.94. The number of benzene rings is 1. The third-order valence-electron chi connectivity index (χ3n) is 2.73. The average molecular weight is 256 g/mol. The molecule has 0 aliphatic heterocycles. The standard InChI is InChI=1S/C13H12N4S/c14-11-6-15-12-4-2-1-3-10(12)13(11)16-5-9-7-18-8-17-9/h1-4,6-8H,5,14H2,(H,15,16). The fourth-order valence-electron chi connectivity index (χ4n) is 1.86. The Morgan fingerprint density at radius 2 is 2.11 bits per heavy atom. The Balaban J connectivity index is 1.97. The van der Waals surface area contributed by atoms with E-state index in [4.69, 9.17) is 5.73 Å². The summed E-state index contributed by atoms with van der Waals surface area (Å²) in [6.45, 7) is 0.668. The van der Waals surface area contributed by atoms with Crippen LogP contribution in [0.2, 0.25) is 0 Å². The van der Waals surface area contributed by atoms with E-state index in [0.29, 0.717) is 12.2 Å². The molecule has 2 heterocycles. The summed E-state index contributed by atoms with van der Waals surface area (Å²) in [6.07, 6.45) is 1.69. The number of fused-ring (bicyclic) bond motifs is 1. The first-order valence-electron chi connectivity index (χ1n) is 5.59. The Hall–Kier alpha value is -2.14. The van der Waals surface area contributed by atoms with Crippen LogP contribution in [-0.2, 0) is 6.54 Å². The fraction of sp³-hybridized carbons (Fsp3) is 0.0769. The minimum absolute atomic E-state index is 0.656. The van der Waals surface area contributed by atoms with E-state index in [0.717, 1.165) is 22.3 Å². The zero-order valence-electron chi connectivity index (χ0n) is 9.63. The van der Waals surface area contributed by atoms with Gasteiger partial charge in [-0.2, -0.15) is 0 Å². The summed E-state index contributed by atoms with van der Waals surface area (Å²) in [7, 11) is 0. The molecule has 3 N–H and O–H groups in total. The molecule has 0 spiro atoms. The first-order chi connectivity index (χ1) is 8.84. The van der Waals surface area contributed by atoms with Crippen molar-refractivity contribution >= 4 is 33.6 Å². The van der Waals surface area contributed by atoms with Gasteiger partial charge in [-0.05, 0) is 6.07 Å². The molecule has 18 heavy (non-hydrogen) atoms. The Labute approximate surface area is 109 Å². The number of nitrogens with one attached hydrogen (secondary N) is 1. The lowest BCUT2D eigenvalue weighted by atomic mass is 10.1. The number of hydrogen-bond donors (Lipinski definition) is 2. The largest absolute Gasteiger partial charge is 0.396 e. The van der Waals surface area contributed by atoms with Crippen molar-refractivity contribution in [2.75, 3.05) is 11.1 Å². The summed E-state index contributed by atoms with van der Waals surface area (Å²) >= 11 is 1.59. The first kappa shape index (κ1) is 11.0. The predicted molar refractivity (Wildman–Crippen MR) is 75.6 cm³/mol. The molecule has 2 aromatic heterocycles. The molecule has 0 radical (unpaired) electrons. The second kappa shape index (κ2) is 4.62. The van der Waals surface area contributed by atoms with E-state index in [1.807, 2.05) is 35.2 Å². The summed E-state index contributed by atoms with van der Waals surface area (Å²) < 4.78 is 0. The summed E-state index contributed by atoms with van der Waals surface area (Å²) in [5.41, 5.74) is 11.3. The maximum Gasteiger partial charge on any atom is 0.0795 e. The highest BCUT2D eigenvalue weighted by Crippen LogP contribution is 2.27. The van der Waals surface area contributed by atoms with Crippen LogP contribution in [0, 0.1) is 0 Å². The Morgan fingerprint density at radius 1 is 1.22 bits per heavy atom. The minimum Gasteiger partial charge on any atom is -0.396 e. The Bertz CT molecular complexity index is 664. The van der Waals surface area contributed by atoms with Crippen LogP contribution < -0.4 is 11.1 Å². The second-order valence-electron chi connectivity index (χ2n) is 3.94. The van der Waals surface area contributed by atoms with Crippen molar-refractivity contribution in [3.05, 3.63) is 47.0 Å². The number of pyridine rings is 1. The first-order valence-corrected chi connectivity index (χ1v) is 6.53. The monoisotopic (exact) mass is 256 g/mol. The van der Waals surface area contributed by atoms with Crippen LogP contribution in [0.15, 0.2) is 41.4 Å². The van der Waals surface area contributed by atoms with E-state index in [-0.39, 0.29) is 0 Å². The normalized spacial score (nSPS) is 10.7.